The number of esters is 1. The van der Waals surface area contributed by atoms with Crippen molar-refractivity contribution >= 4 is 5.97 Å². The van der Waals surface area contributed by atoms with Gasteiger partial charge in [0.1, 0.15) is 6.10 Å². The summed E-state index contributed by atoms with van der Waals surface area (Å²) in [6.07, 6.45) is 0.160. The zero-order chi connectivity index (χ0) is 5.44. The van der Waals surface area contributed by atoms with Crippen molar-refractivity contribution in [2.24, 2.45) is 5.92 Å². The predicted octanol–water partition coefficient (Wildman–Crippen LogP) is 0.568. The lowest BCUT2D eigenvalue weighted by molar-refractivity contribution is -0.179. The standard InChI is InChI=1S/C5H8O2/c1-3-4(2)7-5(3)6/h3-4H,1-2H3/t3-,4-/m0/s1. The van der Waals surface area contributed by atoms with E-state index >= 15 is 0 Å². The van der Waals surface area contributed by atoms with Gasteiger partial charge in [-0.2, -0.15) is 0 Å². The minimum atomic E-state index is -0.0625. The van der Waals surface area contributed by atoms with Gasteiger partial charge >= 0.3 is 5.97 Å². The Morgan fingerprint density at radius 3 is 2.14 bits per heavy atom. The highest BCUT2D eigenvalue weighted by molar-refractivity contribution is 5.77. The second-order valence-electron chi connectivity index (χ2n) is 1.93. The average Bonchev–Trinajstić information content (AvgIpc) is 1.68. The van der Waals surface area contributed by atoms with Crippen LogP contribution < -0.4 is 0 Å². The van der Waals surface area contributed by atoms with E-state index in [4.69, 9.17) is 0 Å². The van der Waals surface area contributed by atoms with E-state index in [1.165, 1.54) is 0 Å². The van der Waals surface area contributed by atoms with Crippen molar-refractivity contribution in [3.63, 3.8) is 0 Å². The molecule has 0 amide bonds. The van der Waals surface area contributed by atoms with Crippen molar-refractivity contribution in [1.82, 2.24) is 0 Å². The molecule has 0 aliphatic carbocycles. The second-order valence-corrected chi connectivity index (χ2v) is 1.93. The fourth-order valence-electron chi connectivity index (χ4n) is 0.512. The Morgan fingerprint density at radius 1 is 1.57 bits per heavy atom. The predicted molar refractivity (Wildman–Crippen MR) is 24.7 cm³/mol. The molecule has 1 saturated heterocycles. The molecule has 1 aliphatic rings. The number of hydrogen-bond donors (Lipinski definition) is 0. The van der Waals surface area contributed by atoms with Crippen LogP contribution in [0.25, 0.3) is 0 Å². The minimum Gasteiger partial charge on any atom is -0.461 e. The number of carbonyl (C=O) groups excluding carboxylic acids is 1. The van der Waals surface area contributed by atoms with Crippen LogP contribution in [0.15, 0.2) is 0 Å². The molecule has 2 atom stereocenters. The highest BCUT2D eigenvalue weighted by Crippen LogP contribution is 2.19. The summed E-state index contributed by atoms with van der Waals surface area (Å²) in [5.74, 6) is 0.0764. The van der Waals surface area contributed by atoms with Gasteiger partial charge in [-0.25, -0.2) is 0 Å². The van der Waals surface area contributed by atoms with E-state index in [0.717, 1.165) is 0 Å². The summed E-state index contributed by atoms with van der Waals surface area (Å²) >= 11 is 0. The summed E-state index contributed by atoms with van der Waals surface area (Å²) in [5, 5.41) is 0. The maximum absolute atomic E-state index is 10.2. The molecule has 1 aliphatic heterocycles. The first-order chi connectivity index (χ1) is 3.22. The van der Waals surface area contributed by atoms with Crippen molar-refractivity contribution in [3.8, 4) is 0 Å². The fourth-order valence-corrected chi connectivity index (χ4v) is 0.512. The van der Waals surface area contributed by atoms with Crippen molar-refractivity contribution in [1.29, 1.82) is 0 Å². The zero-order valence-electron chi connectivity index (χ0n) is 4.47. The molecule has 0 aromatic rings. The van der Waals surface area contributed by atoms with E-state index in [-0.39, 0.29) is 18.0 Å². The van der Waals surface area contributed by atoms with Gasteiger partial charge in [0.05, 0.1) is 5.92 Å². The molecule has 0 saturated carbocycles. The molecule has 2 nitrogen and oxygen atoms in total. The normalized spacial score (nSPS) is 39.4. The third kappa shape index (κ3) is 0.501. The molecule has 0 unspecified atom stereocenters. The maximum Gasteiger partial charge on any atom is 0.312 e. The SMILES string of the molecule is C[C@@H]1OC(=O)[C@H]1C. The summed E-state index contributed by atoms with van der Waals surface area (Å²) in [5.41, 5.74) is 0. The summed E-state index contributed by atoms with van der Waals surface area (Å²) in [6, 6.07) is 0. The molecule has 7 heavy (non-hydrogen) atoms. The van der Waals surface area contributed by atoms with Gasteiger partial charge in [-0.15, -0.1) is 0 Å². The van der Waals surface area contributed by atoms with Crippen LogP contribution in [0.3, 0.4) is 0 Å². The number of rotatable bonds is 0. The minimum absolute atomic E-state index is 0.0625. The monoisotopic (exact) mass is 100 g/mol. The molecule has 0 radical (unpaired) electrons. The van der Waals surface area contributed by atoms with Gasteiger partial charge in [0.15, 0.2) is 0 Å². The first kappa shape index (κ1) is 4.62. The molecular formula is C5H8O2. The molecule has 1 fully saturated rings. The lowest BCUT2D eigenvalue weighted by Crippen LogP contribution is -2.40. The van der Waals surface area contributed by atoms with Crippen LogP contribution in [-0.4, -0.2) is 12.1 Å². The van der Waals surface area contributed by atoms with E-state index in [1.807, 2.05) is 13.8 Å². The number of carbonyl (C=O) groups is 1. The molecule has 0 N–H and O–H groups in total. The Labute approximate surface area is 42.5 Å². The van der Waals surface area contributed by atoms with Crippen LogP contribution in [0.1, 0.15) is 13.8 Å². The Balaban J connectivity index is 2.43. The summed E-state index contributed by atoms with van der Waals surface area (Å²) < 4.78 is 4.61. The van der Waals surface area contributed by atoms with Crippen molar-refractivity contribution in [3.05, 3.63) is 0 Å². The molecule has 1 rings (SSSR count). The molecule has 0 bridgehead atoms. The lowest BCUT2D eigenvalue weighted by Gasteiger charge is -2.28. The van der Waals surface area contributed by atoms with Gasteiger partial charge in [0.25, 0.3) is 0 Å². The third-order valence-electron chi connectivity index (χ3n) is 1.38. The number of hydrogen-bond acceptors (Lipinski definition) is 2. The Hall–Kier alpha value is -0.530. The highest BCUT2D eigenvalue weighted by atomic mass is 16.6. The number of cyclic esters (lactones) is 1. The molecular weight excluding hydrogens is 92.1 g/mol. The Bertz CT molecular complexity index is 98.3. The Morgan fingerprint density at radius 2 is 2.14 bits per heavy atom. The van der Waals surface area contributed by atoms with Gasteiger partial charge in [-0.05, 0) is 13.8 Å². The van der Waals surface area contributed by atoms with Crippen molar-refractivity contribution in [2.45, 2.75) is 20.0 Å². The van der Waals surface area contributed by atoms with Crippen LogP contribution in [0.5, 0.6) is 0 Å². The highest BCUT2D eigenvalue weighted by Gasteiger charge is 2.34. The van der Waals surface area contributed by atoms with E-state index in [2.05, 4.69) is 4.74 Å². The molecule has 1 heterocycles. The second kappa shape index (κ2) is 1.22. The molecule has 0 aromatic carbocycles. The van der Waals surface area contributed by atoms with Crippen LogP contribution in [0.2, 0.25) is 0 Å². The van der Waals surface area contributed by atoms with Gasteiger partial charge in [-0.3, -0.25) is 4.79 Å². The maximum atomic E-state index is 10.2. The number of ether oxygens (including phenoxy) is 1. The van der Waals surface area contributed by atoms with E-state index in [0.29, 0.717) is 0 Å². The Kier molecular flexibility index (Phi) is 0.805. The molecule has 0 aromatic heterocycles. The molecule has 2 heteroatoms. The summed E-state index contributed by atoms with van der Waals surface area (Å²) in [7, 11) is 0. The van der Waals surface area contributed by atoms with Gasteiger partial charge < -0.3 is 4.74 Å². The van der Waals surface area contributed by atoms with Crippen molar-refractivity contribution in [2.75, 3.05) is 0 Å². The molecule has 0 spiro atoms. The van der Waals surface area contributed by atoms with Gasteiger partial charge in [-0.1, -0.05) is 0 Å². The largest absolute Gasteiger partial charge is 0.461 e. The first-order valence-corrected chi connectivity index (χ1v) is 2.42. The third-order valence-corrected chi connectivity index (χ3v) is 1.38. The van der Waals surface area contributed by atoms with E-state index in [1.54, 1.807) is 0 Å². The first-order valence-electron chi connectivity index (χ1n) is 2.42. The van der Waals surface area contributed by atoms with Gasteiger partial charge in [0, 0.05) is 0 Å². The topological polar surface area (TPSA) is 26.3 Å². The van der Waals surface area contributed by atoms with Crippen LogP contribution >= 0.6 is 0 Å². The summed E-state index contributed by atoms with van der Waals surface area (Å²) in [6.45, 7) is 3.77. The zero-order valence-corrected chi connectivity index (χ0v) is 4.47. The average molecular weight is 100 g/mol. The van der Waals surface area contributed by atoms with Gasteiger partial charge in [0.2, 0.25) is 0 Å². The quantitative estimate of drug-likeness (QED) is 0.416. The molecule has 40 valence electrons. The van der Waals surface area contributed by atoms with Crippen LogP contribution in [0, 0.1) is 5.92 Å². The smallest absolute Gasteiger partial charge is 0.312 e. The van der Waals surface area contributed by atoms with Crippen LogP contribution in [-0.2, 0) is 9.53 Å². The van der Waals surface area contributed by atoms with Crippen LogP contribution in [0.4, 0.5) is 0 Å². The van der Waals surface area contributed by atoms with E-state index < -0.39 is 0 Å². The fraction of sp³-hybridized carbons (Fsp3) is 0.800. The van der Waals surface area contributed by atoms with Crippen molar-refractivity contribution < 1.29 is 9.53 Å². The lowest BCUT2D eigenvalue weighted by atomic mass is 10.0. The van der Waals surface area contributed by atoms with E-state index in [9.17, 15) is 4.79 Å². The summed E-state index contributed by atoms with van der Waals surface area (Å²) in [4.78, 5) is 10.2.